The van der Waals surface area contributed by atoms with Crippen LogP contribution in [0.25, 0.3) is 0 Å². The van der Waals surface area contributed by atoms with Crippen LogP contribution >= 0.6 is 22.6 Å². The van der Waals surface area contributed by atoms with Crippen LogP contribution in [0, 0.1) is 3.57 Å². The molecular weight excluding hydrogens is 455 g/mol. The summed E-state index contributed by atoms with van der Waals surface area (Å²) >= 11 is 2.10. The number of carbonyl (C=O) groups excluding carboxylic acids is 1. The lowest BCUT2D eigenvalue weighted by molar-refractivity contribution is 0.102. The number of nitrogens with one attached hydrogen (secondary N) is 2. The van der Waals surface area contributed by atoms with E-state index in [4.69, 9.17) is 4.74 Å². The number of anilines is 1. The normalized spacial score (nSPS) is 14.2. The van der Waals surface area contributed by atoms with Gasteiger partial charge in [0.1, 0.15) is 5.75 Å². The van der Waals surface area contributed by atoms with Crippen LogP contribution in [0.15, 0.2) is 47.4 Å². The van der Waals surface area contributed by atoms with Crippen molar-refractivity contribution < 1.29 is 17.9 Å². The summed E-state index contributed by atoms with van der Waals surface area (Å²) in [4.78, 5) is 12.5. The van der Waals surface area contributed by atoms with Crippen LogP contribution in [0.4, 0.5) is 5.69 Å². The van der Waals surface area contributed by atoms with Gasteiger partial charge in [-0.05, 0) is 77.9 Å². The van der Waals surface area contributed by atoms with Crippen molar-refractivity contribution in [2.45, 2.75) is 23.8 Å². The van der Waals surface area contributed by atoms with Gasteiger partial charge in [-0.2, -0.15) is 0 Å². The molecule has 0 unspecified atom stereocenters. The standard InChI is InChI=1S/C17H17IN2O4S/c1-24-16-9-2-11(10-15(16)18)17(21)19-12-5-7-14(8-6-12)25(22,23)20-13-3-4-13/h2,5-10,13,20H,3-4H2,1H3,(H,19,21). The number of sulfonamides is 1. The molecule has 0 aliphatic heterocycles. The number of ether oxygens (including phenoxy) is 1. The Labute approximate surface area is 160 Å². The summed E-state index contributed by atoms with van der Waals surface area (Å²) < 4.78 is 32.9. The number of halogens is 1. The van der Waals surface area contributed by atoms with Crippen LogP contribution < -0.4 is 14.8 Å². The van der Waals surface area contributed by atoms with Crippen LogP contribution in [-0.4, -0.2) is 27.5 Å². The molecule has 1 amide bonds. The molecule has 1 fully saturated rings. The molecule has 25 heavy (non-hydrogen) atoms. The highest BCUT2D eigenvalue weighted by Crippen LogP contribution is 2.24. The minimum absolute atomic E-state index is 0.0573. The summed E-state index contributed by atoms with van der Waals surface area (Å²) in [5.74, 6) is 0.433. The number of hydrogen-bond donors (Lipinski definition) is 2. The van der Waals surface area contributed by atoms with Crippen molar-refractivity contribution in [3.63, 3.8) is 0 Å². The highest BCUT2D eigenvalue weighted by atomic mass is 127. The van der Waals surface area contributed by atoms with E-state index in [0.717, 1.165) is 16.4 Å². The lowest BCUT2D eigenvalue weighted by Crippen LogP contribution is -2.25. The minimum Gasteiger partial charge on any atom is -0.496 e. The number of amides is 1. The highest BCUT2D eigenvalue weighted by Gasteiger charge is 2.27. The Morgan fingerprint density at radius 3 is 2.40 bits per heavy atom. The van der Waals surface area contributed by atoms with Gasteiger partial charge in [0.15, 0.2) is 0 Å². The van der Waals surface area contributed by atoms with Crippen molar-refractivity contribution in [1.82, 2.24) is 4.72 Å². The second-order valence-electron chi connectivity index (χ2n) is 5.72. The Hall–Kier alpha value is -1.65. The summed E-state index contributed by atoms with van der Waals surface area (Å²) in [6.07, 6.45) is 1.77. The second-order valence-corrected chi connectivity index (χ2v) is 8.60. The van der Waals surface area contributed by atoms with E-state index in [-0.39, 0.29) is 16.8 Å². The molecule has 1 aliphatic rings. The van der Waals surface area contributed by atoms with E-state index in [1.54, 1.807) is 37.4 Å². The Kier molecular flexibility index (Phi) is 5.30. The average molecular weight is 472 g/mol. The molecule has 0 atom stereocenters. The molecular formula is C17H17IN2O4S. The van der Waals surface area contributed by atoms with Crippen molar-refractivity contribution in [2.75, 3.05) is 12.4 Å². The quantitative estimate of drug-likeness (QED) is 0.634. The Morgan fingerprint density at radius 2 is 1.84 bits per heavy atom. The summed E-state index contributed by atoms with van der Waals surface area (Å²) in [5.41, 5.74) is 1.03. The van der Waals surface area contributed by atoms with Gasteiger partial charge in [-0.25, -0.2) is 13.1 Å². The second kappa shape index (κ2) is 7.30. The molecule has 1 saturated carbocycles. The molecule has 2 aromatic carbocycles. The lowest BCUT2D eigenvalue weighted by Gasteiger charge is -2.09. The molecule has 0 aromatic heterocycles. The molecule has 6 nitrogen and oxygen atoms in total. The number of carbonyl (C=O) groups is 1. The first kappa shape index (κ1) is 18.2. The van der Waals surface area contributed by atoms with Gasteiger partial charge in [0, 0.05) is 17.3 Å². The summed E-state index contributed by atoms with van der Waals surface area (Å²) in [5, 5.41) is 2.76. The molecule has 3 rings (SSSR count). The zero-order valence-electron chi connectivity index (χ0n) is 13.5. The molecule has 1 aliphatic carbocycles. The van der Waals surface area contributed by atoms with Gasteiger partial charge in [0.05, 0.1) is 15.6 Å². The van der Waals surface area contributed by atoms with Crippen molar-refractivity contribution in [3.8, 4) is 5.75 Å². The van der Waals surface area contributed by atoms with Crippen LogP contribution in [0.1, 0.15) is 23.2 Å². The SMILES string of the molecule is COc1ccc(C(=O)Nc2ccc(S(=O)(=O)NC3CC3)cc2)cc1I. The van der Waals surface area contributed by atoms with E-state index in [9.17, 15) is 13.2 Å². The lowest BCUT2D eigenvalue weighted by atomic mass is 10.2. The van der Waals surface area contributed by atoms with Crippen LogP contribution in [0.2, 0.25) is 0 Å². The summed E-state index contributed by atoms with van der Waals surface area (Å²) in [7, 11) is -1.91. The third-order valence-electron chi connectivity index (χ3n) is 3.74. The van der Waals surface area contributed by atoms with Gasteiger partial charge < -0.3 is 10.1 Å². The smallest absolute Gasteiger partial charge is 0.255 e. The van der Waals surface area contributed by atoms with Gasteiger partial charge in [-0.15, -0.1) is 0 Å². The third kappa shape index (κ3) is 4.50. The zero-order valence-corrected chi connectivity index (χ0v) is 16.4. The zero-order chi connectivity index (χ0) is 18.0. The molecule has 0 heterocycles. The van der Waals surface area contributed by atoms with Crippen LogP contribution in [0.5, 0.6) is 5.75 Å². The Balaban J connectivity index is 1.70. The first-order valence-electron chi connectivity index (χ1n) is 7.66. The molecule has 0 saturated heterocycles. The molecule has 8 heteroatoms. The third-order valence-corrected chi connectivity index (χ3v) is 6.12. The van der Waals surface area contributed by atoms with Gasteiger partial charge >= 0.3 is 0 Å². The number of rotatable bonds is 6. The Bertz CT molecular complexity index is 893. The molecule has 2 N–H and O–H groups in total. The first-order chi connectivity index (χ1) is 11.9. The molecule has 0 bridgehead atoms. The van der Waals surface area contributed by atoms with Crippen molar-refractivity contribution in [3.05, 3.63) is 51.6 Å². The molecule has 0 spiro atoms. The number of hydrogen-bond acceptors (Lipinski definition) is 4. The maximum atomic E-state index is 12.3. The topological polar surface area (TPSA) is 84.5 Å². The van der Waals surface area contributed by atoms with Gasteiger partial charge in [-0.1, -0.05) is 0 Å². The van der Waals surface area contributed by atoms with Gasteiger partial charge in [0.25, 0.3) is 5.91 Å². The minimum atomic E-state index is -3.49. The molecule has 132 valence electrons. The largest absolute Gasteiger partial charge is 0.496 e. The number of methoxy groups -OCH3 is 1. The van der Waals surface area contributed by atoms with E-state index in [2.05, 4.69) is 32.6 Å². The van der Waals surface area contributed by atoms with Crippen LogP contribution in [0.3, 0.4) is 0 Å². The van der Waals surface area contributed by atoms with Gasteiger partial charge in [-0.3, -0.25) is 4.79 Å². The fourth-order valence-corrected chi connectivity index (χ4v) is 4.26. The Morgan fingerprint density at radius 1 is 1.16 bits per heavy atom. The van der Waals surface area contributed by atoms with Gasteiger partial charge in [0.2, 0.25) is 10.0 Å². The maximum Gasteiger partial charge on any atom is 0.255 e. The monoisotopic (exact) mass is 472 g/mol. The van der Waals surface area contributed by atoms with E-state index >= 15 is 0 Å². The fraction of sp³-hybridized carbons (Fsp3) is 0.235. The first-order valence-corrected chi connectivity index (χ1v) is 10.2. The van der Waals surface area contributed by atoms with Crippen molar-refractivity contribution in [1.29, 1.82) is 0 Å². The maximum absolute atomic E-state index is 12.3. The molecule has 0 radical (unpaired) electrons. The predicted octanol–water partition coefficient (Wildman–Crippen LogP) is 2.99. The van der Waals surface area contributed by atoms with E-state index in [1.807, 2.05) is 0 Å². The van der Waals surface area contributed by atoms with Crippen molar-refractivity contribution in [2.24, 2.45) is 0 Å². The number of benzene rings is 2. The van der Waals surface area contributed by atoms with E-state index in [0.29, 0.717) is 17.0 Å². The van der Waals surface area contributed by atoms with E-state index < -0.39 is 10.0 Å². The molecule has 2 aromatic rings. The summed E-state index contributed by atoms with van der Waals surface area (Å²) in [6.45, 7) is 0. The summed E-state index contributed by atoms with van der Waals surface area (Å²) in [6, 6.07) is 11.3. The van der Waals surface area contributed by atoms with Crippen molar-refractivity contribution >= 4 is 44.2 Å². The highest BCUT2D eigenvalue weighted by molar-refractivity contribution is 14.1. The van der Waals surface area contributed by atoms with Crippen LogP contribution in [-0.2, 0) is 10.0 Å². The predicted molar refractivity (Wildman–Crippen MR) is 103 cm³/mol. The fourth-order valence-electron chi connectivity index (χ4n) is 2.22. The van der Waals surface area contributed by atoms with E-state index in [1.165, 1.54) is 12.1 Å². The average Bonchev–Trinajstić information content (AvgIpc) is 3.38.